The molecule has 3 aromatic carbocycles. The van der Waals surface area contributed by atoms with Crippen molar-refractivity contribution in [1.29, 1.82) is 0 Å². The predicted octanol–water partition coefficient (Wildman–Crippen LogP) is 10.6. The van der Waals surface area contributed by atoms with Gasteiger partial charge in [0.25, 0.3) is 0 Å². The zero-order chi connectivity index (χ0) is 28.2. The number of hydrogen-bond donors (Lipinski definition) is 0. The Labute approximate surface area is 235 Å². The van der Waals surface area contributed by atoms with Crippen molar-refractivity contribution in [3.05, 3.63) is 90.0 Å². The van der Waals surface area contributed by atoms with Crippen molar-refractivity contribution in [1.82, 2.24) is 0 Å². The average Bonchev–Trinajstić information content (AvgIpc) is 3.00. The minimum Gasteiger partial charge on any atom is -0.490 e. The van der Waals surface area contributed by atoms with E-state index >= 15 is 8.78 Å². The van der Waals surface area contributed by atoms with Crippen LogP contribution in [0.4, 0.5) is 17.6 Å². The van der Waals surface area contributed by atoms with Crippen LogP contribution in [-0.2, 0) is 0 Å². The Kier molecular flexibility index (Phi) is 8.97. The highest BCUT2D eigenvalue weighted by Gasteiger charge is 2.32. The lowest BCUT2D eigenvalue weighted by atomic mass is 9.68. The van der Waals surface area contributed by atoms with E-state index in [1.165, 1.54) is 37.8 Å². The number of rotatable bonds is 8. The zero-order valence-corrected chi connectivity index (χ0v) is 23.2. The quantitative estimate of drug-likeness (QED) is 0.200. The number of ether oxygens (including phenoxy) is 1. The van der Waals surface area contributed by atoms with Gasteiger partial charge in [0.15, 0.2) is 23.2 Å². The van der Waals surface area contributed by atoms with Crippen molar-refractivity contribution in [2.24, 2.45) is 17.8 Å². The van der Waals surface area contributed by atoms with Crippen LogP contribution in [0.15, 0.2) is 61.2 Å². The third-order valence-corrected chi connectivity index (χ3v) is 9.16. The average molecular weight is 551 g/mol. The smallest absolute Gasteiger partial charge is 0.201 e. The molecule has 0 aromatic heterocycles. The fourth-order valence-electron chi connectivity index (χ4n) is 6.76. The van der Waals surface area contributed by atoms with Gasteiger partial charge in [-0.25, -0.2) is 13.2 Å². The molecular formula is C35H38F4O. The molecular weight excluding hydrogens is 512 g/mol. The van der Waals surface area contributed by atoms with Gasteiger partial charge in [-0.2, -0.15) is 4.39 Å². The summed E-state index contributed by atoms with van der Waals surface area (Å²) in [6.45, 7) is 6.12. The number of hydrogen-bond acceptors (Lipinski definition) is 1. The van der Waals surface area contributed by atoms with E-state index in [2.05, 4.69) is 12.7 Å². The maximum atomic E-state index is 15.3. The summed E-state index contributed by atoms with van der Waals surface area (Å²) >= 11 is 0. The SMILES string of the molecule is C=CC1CCC(C2CCC(c3ccc(-c4ccc(-c5ccc(OCCC)c(F)c5F)cc4)c(F)c3F)CC2)CC1. The predicted molar refractivity (Wildman–Crippen MR) is 153 cm³/mol. The maximum Gasteiger partial charge on any atom is 0.201 e. The highest BCUT2D eigenvalue weighted by atomic mass is 19.2. The molecule has 3 aromatic rings. The summed E-state index contributed by atoms with van der Waals surface area (Å²) in [5.74, 6) is -1.66. The van der Waals surface area contributed by atoms with E-state index in [4.69, 9.17) is 4.74 Å². The molecule has 5 rings (SSSR count). The minimum absolute atomic E-state index is 0.0360. The summed E-state index contributed by atoms with van der Waals surface area (Å²) in [7, 11) is 0. The van der Waals surface area contributed by atoms with Gasteiger partial charge in [0, 0.05) is 11.1 Å². The molecule has 2 aliphatic carbocycles. The molecule has 0 spiro atoms. The molecule has 2 fully saturated rings. The molecule has 0 saturated heterocycles. The topological polar surface area (TPSA) is 9.23 Å². The zero-order valence-electron chi connectivity index (χ0n) is 23.2. The van der Waals surface area contributed by atoms with E-state index in [9.17, 15) is 8.78 Å². The van der Waals surface area contributed by atoms with Gasteiger partial charge in [-0.1, -0.05) is 49.4 Å². The number of allylic oxidation sites excluding steroid dienone is 1. The van der Waals surface area contributed by atoms with Crippen molar-refractivity contribution < 1.29 is 22.3 Å². The first-order valence-electron chi connectivity index (χ1n) is 14.7. The van der Waals surface area contributed by atoms with Crippen molar-refractivity contribution in [2.75, 3.05) is 6.61 Å². The Morgan fingerprint density at radius 1 is 0.675 bits per heavy atom. The molecule has 40 heavy (non-hydrogen) atoms. The van der Waals surface area contributed by atoms with Crippen LogP contribution >= 0.6 is 0 Å². The van der Waals surface area contributed by atoms with Crippen molar-refractivity contribution in [3.63, 3.8) is 0 Å². The molecule has 2 saturated carbocycles. The molecule has 0 bridgehead atoms. The highest BCUT2D eigenvalue weighted by Crippen LogP contribution is 2.45. The van der Waals surface area contributed by atoms with Crippen LogP contribution in [0.5, 0.6) is 5.75 Å². The van der Waals surface area contributed by atoms with Crippen LogP contribution in [0.25, 0.3) is 22.3 Å². The Morgan fingerprint density at radius 3 is 1.75 bits per heavy atom. The van der Waals surface area contributed by atoms with Crippen LogP contribution < -0.4 is 4.74 Å². The van der Waals surface area contributed by atoms with Crippen LogP contribution in [0.1, 0.15) is 76.2 Å². The summed E-state index contributed by atoms with van der Waals surface area (Å²) in [4.78, 5) is 0. The van der Waals surface area contributed by atoms with Crippen molar-refractivity contribution in [3.8, 4) is 28.0 Å². The lowest BCUT2D eigenvalue weighted by Crippen LogP contribution is -2.25. The molecule has 0 amide bonds. The van der Waals surface area contributed by atoms with Gasteiger partial charge in [0.2, 0.25) is 5.82 Å². The summed E-state index contributed by atoms with van der Waals surface area (Å²) < 4.78 is 65.1. The van der Waals surface area contributed by atoms with Crippen LogP contribution in [0.3, 0.4) is 0 Å². The fourth-order valence-corrected chi connectivity index (χ4v) is 6.76. The van der Waals surface area contributed by atoms with E-state index in [0.29, 0.717) is 41.6 Å². The van der Waals surface area contributed by atoms with Crippen molar-refractivity contribution in [2.45, 2.75) is 70.6 Å². The molecule has 212 valence electrons. The molecule has 0 heterocycles. The number of benzene rings is 3. The van der Waals surface area contributed by atoms with E-state index in [0.717, 1.165) is 31.6 Å². The van der Waals surface area contributed by atoms with E-state index < -0.39 is 23.3 Å². The second-order valence-corrected chi connectivity index (χ2v) is 11.5. The fraction of sp³-hybridized carbons (Fsp3) is 0.429. The van der Waals surface area contributed by atoms with Gasteiger partial charge in [-0.3, -0.25) is 0 Å². The van der Waals surface area contributed by atoms with Gasteiger partial charge in [-0.15, -0.1) is 6.58 Å². The molecule has 0 N–H and O–H groups in total. The molecule has 0 radical (unpaired) electrons. The van der Waals surface area contributed by atoms with Crippen LogP contribution in [0, 0.1) is 41.0 Å². The first-order valence-corrected chi connectivity index (χ1v) is 14.7. The van der Waals surface area contributed by atoms with Gasteiger partial charge in [0.05, 0.1) is 6.61 Å². The summed E-state index contributed by atoms with van der Waals surface area (Å²) in [6, 6.07) is 12.7. The Hall–Kier alpha value is -3.08. The number of halogens is 4. The molecule has 5 heteroatoms. The first-order chi connectivity index (χ1) is 19.4. The van der Waals surface area contributed by atoms with E-state index in [1.807, 2.05) is 6.92 Å². The normalized spacial score (nSPS) is 23.1. The van der Waals surface area contributed by atoms with Crippen LogP contribution in [-0.4, -0.2) is 6.61 Å². The lowest BCUT2D eigenvalue weighted by Gasteiger charge is -2.37. The monoisotopic (exact) mass is 550 g/mol. The minimum atomic E-state index is -1.03. The maximum absolute atomic E-state index is 15.3. The Balaban J connectivity index is 1.27. The van der Waals surface area contributed by atoms with Crippen molar-refractivity contribution >= 4 is 0 Å². The highest BCUT2D eigenvalue weighted by molar-refractivity contribution is 5.72. The summed E-state index contributed by atoms with van der Waals surface area (Å²) in [5, 5.41) is 0. The van der Waals surface area contributed by atoms with Gasteiger partial charge in [-0.05, 0) is 110 Å². The summed E-state index contributed by atoms with van der Waals surface area (Å²) in [5.41, 5.74) is 1.63. The molecule has 1 nitrogen and oxygen atoms in total. The van der Waals surface area contributed by atoms with Gasteiger partial charge in [0.1, 0.15) is 0 Å². The molecule has 0 unspecified atom stereocenters. The Bertz CT molecular complexity index is 1320. The van der Waals surface area contributed by atoms with Gasteiger partial charge < -0.3 is 4.74 Å². The first kappa shape index (κ1) is 28.4. The third-order valence-electron chi connectivity index (χ3n) is 9.16. The molecule has 0 atom stereocenters. The van der Waals surface area contributed by atoms with Gasteiger partial charge >= 0.3 is 0 Å². The van der Waals surface area contributed by atoms with E-state index in [-0.39, 0.29) is 22.8 Å². The lowest BCUT2D eigenvalue weighted by molar-refractivity contribution is 0.171. The van der Waals surface area contributed by atoms with E-state index in [1.54, 1.807) is 36.4 Å². The largest absolute Gasteiger partial charge is 0.490 e. The second-order valence-electron chi connectivity index (χ2n) is 11.5. The Morgan fingerprint density at radius 2 is 1.20 bits per heavy atom. The van der Waals surface area contributed by atoms with Crippen LogP contribution in [0.2, 0.25) is 0 Å². The molecule has 0 aliphatic heterocycles. The third kappa shape index (κ3) is 5.84. The standard InChI is InChI=1S/C35H38F4O/c1-3-21-40-31-20-19-30(34(38)35(31)39)27-15-13-26(14-16-27)29-18-17-28(32(36)33(29)37)25-11-9-24(10-12-25)23-7-5-22(4-2)6-8-23/h4,13-20,22-25H,2-3,5-12,21H2,1H3. The molecule has 2 aliphatic rings. The summed E-state index contributed by atoms with van der Waals surface area (Å²) in [6.07, 6.45) is 11.6. The second kappa shape index (κ2) is 12.6.